The minimum absolute atomic E-state index is 0.335. The Morgan fingerprint density at radius 2 is 1.81 bits per heavy atom. The van der Waals surface area contributed by atoms with E-state index in [1.165, 1.54) is 32.7 Å². The number of benzene rings is 1. The molecule has 31 heavy (non-hydrogen) atoms. The van der Waals surface area contributed by atoms with Gasteiger partial charge in [-0.05, 0) is 49.3 Å². The minimum atomic E-state index is -0.380. The lowest BCUT2D eigenvalue weighted by Crippen LogP contribution is -2.17. The largest absolute Gasteiger partial charge is 0.493 e. The number of anilines is 1. The standard InChI is InChI=1S/C23H29NO6S/c1-6-9-30-23(26)19-15-8-7-13(2)10-18(15)31-22(19)24-21(25)14-11-16(27-3)20(29-5)17(12-14)28-4/h11-13H,6-10H2,1-5H3,(H,24,25). The van der Waals surface area contributed by atoms with E-state index in [1.54, 1.807) is 12.1 Å². The number of nitrogens with one attached hydrogen (secondary N) is 1. The van der Waals surface area contributed by atoms with Crippen molar-refractivity contribution < 1.29 is 28.5 Å². The molecule has 1 aromatic carbocycles. The van der Waals surface area contributed by atoms with Crippen LogP contribution < -0.4 is 19.5 Å². The Bertz CT molecular complexity index is 942. The van der Waals surface area contributed by atoms with Crippen molar-refractivity contribution in [3.8, 4) is 17.2 Å². The zero-order valence-corrected chi connectivity index (χ0v) is 19.4. The highest BCUT2D eigenvalue weighted by molar-refractivity contribution is 7.17. The van der Waals surface area contributed by atoms with E-state index in [-0.39, 0.29) is 11.9 Å². The minimum Gasteiger partial charge on any atom is -0.493 e. The van der Waals surface area contributed by atoms with E-state index in [0.29, 0.717) is 45.9 Å². The second-order valence-electron chi connectivity index (χ2n) is 7.56. The zero-order valence-electron chi connectivity index (χ0n) is 18.6. The van der Waals surface area contributed by atoms with Gasteiger partial charge >= 0.3 is 5.97 Å². The summed E-state index contributed by atoms with van der Waals surface area (Å²) < 4.78 is 21.4. The van der Waals surface area contributed by atoms with Crippen LogP contribution in [0.2, 0.25) is 0 Å². The van der Waals surface area contributed by atoms with Crippen LogP contribution in [0.4, 0.5) is 5.00 Å². The summed E-state index contributed by atoms with van der Waals surface area (Å²) in [5, 5.41) is 3.45. The summed E-state index contributed by atoms with van der Waals surface area (Å²) in [5.41, 5.74) is 1.83. The fraction of sp³-hybridized carbons (Fsp3) is 0.478. The highest BCUT2D eigenvalue weighted by Gasteiger charge is 2.29. The van der Waals surface area contributed by atoms with E-state index in [4.69, 9.17) is 18.9 Å². The lowest BCUT2D eigenvalue weighted by Gasteiger charge is -2.18. The van der Waals surface area contributed by atoms with Gasteiger partial charge in [-0.1, -0.05) is 13.8 Å². The summed E-state index contributed by atoms with van der Waals surface area (Å²) in [7, 11) is 4.50. The molecule has 2 aromatic rings. The van der Waals surface area contributed by atoms with Crippen molar-refractivity contribution in [2.75, 3.05) is 33.3 Å². The highest BCUT2D eigenvalue weighted by atomic mass is 32.1. The Morgan fingerprint density at radius 1 is 1.13 bits per heavy atom. The normalized spacial score (nSPS) is 15.1. The van der Waals surface area contributed by atoms with Gasteiger partial charge in [0.05, 0.1) is 33.5 Å². The molecule has 1 aromatic heterocycles. The molecule has 0 radical (unpaired) electrons. The average Bonchev–Trinajstić information content (AvgIpc) is 3.12. The predicted molar refractivity (Wildman–Crippen MR) is 120 cm³/mol. The fourth-order valence-electron chi connectivity index (χ4n) is 3.71. The number of carbonyl (C=O) groups is 2. The highest BCUT2D eigenvalue weighted by Crippen LogP contribution is 2.41. The summed E-state index contributed by atoms with van der Waals surface area (Å²) in [6.45, 7) is 4.50. The molecule has 1 aliphatic carbocycles. The molecule has 3 rings (SSSR count). The van der Waals surface area contributed by atoms with Crippen molar-refractivity contribution in [2.24, 2.45) is 5.92 Å². The van der Waals surface area contributed by atoms with Gasteiger partial charge in [-0.25, -0.2) is 4.79 Å². The van der Waals surface area contributed by atoms with Gasteiger partial charge in [0.15, 0.2) is 11.5 Å². The van der Waals surface area contributed by atoms with Crippen LogP contribution in [-0.4, -0.2) is 39.8 Å². The first kappa shape index (κ1) is 22.9. The Hall–Kier alpha value is -2.74. The van der Waals surface area contributed by atoms with Gasteiger partial charge < -0.3 is 24.3 Å². The first-order valence-corrected chi connectivity index (χ1v) is 11.2. The molecule has 0 spiro atoms. The molecule has 0 saturated heterocycles. The van der Waals surface area contributed by atoms with Crippen LogP contribution in [0.1, 0.15) is 57.8 Å². The van der Waals surface area contributed by atoms with Crippen molar-refractivity contribution >= 4 is 28.2 Å². The lowest BCUT2D eigenvalue weighted by molar-refractivity contribution is 0.0505. The number of ether oxygens (including phenoxy) is 4. The van der Waals surface area contributed by atoms with Gasteiger partial charge in [-0.2, -0.15) is 0 Å². The van der Waals surface area contributed by atoms with Gasteiger partial charge in [0.1, 0.15) is 5.00 Å². The number of hydrogen-bond acceptors (Lipinski definition) is 7. The smallest absolute Gasteiger partial charge is 0.341 e. The number of thiophene rings is 1. The van der Waals surface area contributed by atoms with Gasteiger partial charge in [0.2, 0.25) is 5.75 Å². The topological polar surface area (TPSA) is 83.1 Å². The molecule has 0 saturated carbocycles. The molecule has 1 aliphatic rings. The van der Waals surface area contributed by atoms with Crippen LogP contribution in [0.3, 0.4) is 0 Å². The molecule has 0 fully saturated rings. The van der Waals surface area contributed by atoms with E-state index in [2.05, 4.69) is 12.2 Å². The number of methoxy groups -OCH3 is 3. The molecule has 1 unspecified atom stereocenters. The number of hydrogen-bond donors (Lipinski definition) is 1. The molecule has 1 heterocycles. The third-order valence-electron chi connectivity index (χ3n) is 5.31. The monoisotopic (exact) mass is 447 g/mol. The van der Waals surface area contributed by atoms with E-state index >= 15 is 0 Å². The van der Waals surface area contributed by atoms with Crippen molar-refractivity contribution in [3.05, 3.63) is 33.7 Å². The Kier molecular flexibility index (Phi) is 7.43. The number of carbonyl (C=O) groups excluding carboxylic acids is 2. The summed E-state index contributed by atoms with van der Waals surface area (Å²) in [5.74, 6) is 0.975. The Morgan fingerprint density at radius 3 is 2.39 bits per heavy atom. The third-order valence-corrected chi connectivity index (χ3v) is 6.48. The van der Waals surface area contributed by atoms with Crippen molar-refractivity contribution in [3.63, 3.8) is 0 Å². The number of fused-ring (bicyclic) bond motifs is 1. The molecule has 1 amide bonds. The molecule has 168 valence electrons. The molecule has 1 atom stereocenters. The first-order chi connectivity index (χ1) is 14.9. The quantitative estimate of drug-likeness (QED) is 0.590. The van der Waals surface area contributed by atoms with E-state index in [1.807, 2.05) is 6.92 Å². The lowest BCUT2D eigenvalue weighted by atomic mass is 9.88. The molecular formula is C23H29NO6S. The van der Waals surface area contributed by atoms with Crippen LogP contribution in [0, 0.1) is 5.92 Å². The average molecular weight is 448 g/mol. The van der Waals surface area contributed by atoms with Crippen LogP contribution in [0.15, 0.2) is 12.1 Å². The Labute approximate surface area is 186 Å². The summed E-state index contributed by atoms with van der Waals surface area (Å²) in [6.07, 6.45) is 3.46. The SMILES string of the molecule is CCCOC(=O)c1c(NC(=O)c2cc(OC)c(OC)c(OC)c2)sc2c1CCC(C)C2. The molecule has 7 nitrogen and oxygen atoms in total. The molecule has 0 aliphatic heterocycles. The van der Waals surface area contributed by atoms with Crippen LogP contribution in [0.5, 0.6) is 17.2 Å². The molecular weight excluding hydrogens is 418 g/mol. The van der Waals surface area contributed by atoms with Crippen molar-refractivity contribution in [2.45, 2.75) is 39.5 Å². The maximum Gasteiger partial charge on any atom is 0.341 e. The second-order valence-corrected chi connectivity index (χ2v) is 8.67. The molecule has 1 N–H and O–H groups in total. The number of esters is 1. The van der Waals surface area contributed by atoms with E-state index in [9.17, 15) is 9.59 Å². The van der Waals surface area contributed by atoms with Gasteiger partial charge in [0, 0.05) is 10.4 Å². The van der Waals surface area contributed by atoms with Crippen LogP contribution in [-0.2, 0) is 17.6 Å². The van der Waals surface area contributed by atoms with Crippen molar-refractivity contribution in [1.82, 2.24) is 0 Å². The summed E-state index contributed by atoms with van der Waals surface area (Å²) in [6, 6.07) is 3.17. The van der Waals surface area contributed by atoms with Crippen LogP contribution >= 0.6 is 11.3 Å². The second kappa shape index (κ2) is 10.0. The number of amides is 1. The van der Waals surface area contributed by atoms with E-state index in [0.717, 1.165) is 36.1 Å². The van der Waals surface area contributed by atoms with Crippen LogP contribution in [0.25, 0.3) is 0 Å². The Balaban J connectivity index is 1.96. The van der Waals surface area contributed by atoms with Gasteiger partial charge in [-0.15, -0.1) is 11.3 Å². The zero-order chi connectivity index (χ0) is 22.5. The van der Waals surface area contributed by atoms with Gasteiger partial charge in [0.25, 0.3) is 5.91 Å². The summed E-state index contributed by atoms with van der Waals surface area (Å²) >= 11 is 1.46. The fourth-order valence-corrected chi connectivity index (χ4v) is 5.10. The molecule has 8 heteroatoms. The number of rotatable bonds is 8. The van der Waals surface area contributed by atoms with Gasteiger partial charge in [-0.3, -0.25) is 4.79 Å². The molecule has 0 bridgehead atoms. The van der Waals surface area contributed by atoms with E-state index < -0.39 is 0 Å². The maximum absolute atomic E-state index is 13.1. The summed E-state index contributed by atoms with van der Waals surface area (Å²) in [4.78, 5) is 27.1. The van der Waals surface area contributed by atoms with Crippen molar-refractivity contribution in [1.29, 1.82) is 0 Å². The third kappa shape index (κ3) is 4.79. The maximum atomic E-state index is 13.1. The first-order valence-electron chi connectivity index (χ1n) is 10.4. The predicted octanol–water partition coefficient (Wildman–Crippen LogP) is 4.72.